The van der Waals surface area contributed by atoms with Crippen molar-refractivity contribution < 1.29 is 18.8 Å². The fourth-order valence-corrected chi connectivity index (χ4v) is 3.68. The van der Waals surface area contributed by atoms with Gasteiger partial charge in [0.15, 0.2) is 0 Å². The van der Waals surface area contributed by atoms with Gasteiger partial charge in [0, 0.05) is 11.4 Å². The molecule has 2 aromatic carbocycles. The molecule has 0 bridgehead atoms. The minimum absolute atomic E-state index is 0.270. The molecule has 0 fully saturated rings. The molecule has 1 aliphatic heterocycles. The van der Waals surface area contributed by atoms with E-state index in [1.807, 2.05) is 0 Å². The quantitative estimate of drug-likeness (QED) is 0.451. The van der Waals surface area contributed by atoms with E-state index in [-0.39, 0.29) is 11.7 Å². The first kappa shape index (κ1) is 19.1. The average Bonchev–Trinajstić information content (AvgIpc) is 2.93. The van der Waals surface area contributed by atoms with Gasteiger partial charge in [0.1, 0.15) is 11.9 Å². The highest BCUT2D eigenvalue weighted by atomic mass is 32.2. The van der Waals surface area contributed by atoms with Crippen molar-refractivity contribution in [2.24, 2.45) is 0 Å². The maximum absolute atomic E-state index is 12.9. The third-order valence-electron chi connectivity index (χ3n) is 4.29. The smallest absolute Gasteiger partial charge is 0.262 e. The highest BCUT2D eigenvalue weighted by Crippen LogP contribution is 2.24. The van der Waals surface area contributed by atoms with Crippen LogP contribution in [0.1, 0.15) is 34.1 Å². The lowest BCUT2D eigenvalue weighted by molar-refractivity contribution is -0.124. The number of imide groups is 1. The lowest BCUT2D eigenvalue weighted by Gasteiger charge is -2.21. The molecule has 1 atom stereocenters. The standard InChI is InChI=1S/C20H19FN2O3S/c1-13(23-19(25)16-5-2-3-6-17(16)20(23)26)18(24)22-11-4-12-27-15-9-7-14(21)8-10-15/h2-3,5-10,13H,4,11-12H2,1H3,(H,22,24)/t13-/m0/s1. The van der Waals surface area contributed by atoms with Gasteiger partial charge >= 0.3 is 0 Å². The Bertz CT molecular complexity index is 835. The number of hydrogen-bond donors (Lipinski definition) is 1. The molecule has 140 valence electrons. The Morgan fingerprint density at radius 2 is 1.67 bits per heavy atom. The molecule has 0 unspecified atom stereocenters. The molecule has 0 saturated carbocycles. The number of amides is 3. The Hall–Kier alpha value is -2.67. The molecule has 0 radical (unpaired) electrons. The summed E-state index contributed by atoms with van der Waals surface area (Å²) in [6, 6.07) is 11.9. The van der Waals surface area contributed by atoms with Gasteiger partial charge in [0.25, 0.3) is 11.8 Å². The van der Waals surface area contributed by atoms with Crippen LogP contribution in [0, 0.1) is 5.82 Å². The summed E-state index contributed by atoms with van der Waals surface area (Å²) in [5.74, 6) is -0.756. The van der Waals surface area contributed by atoms with Crippen molar-refractivity contribution in [3.05, 3.63) is 65.5 Å². The SMILES string of the molecule is C[C@@H](C(=O)NCCCSc1ccc(F)cc1)N1C(=O)c2ccccc2C1=O. The van der Waals surface area contributed by atoms with Crippen molar-refractivity contribution >= 4 is 29.5 Å². The minimum atomic E-state index is -0.873. The van der Waals surface area contributed by atoms with Crippen molar-refractivity contribution in [3.63, 3.8) is 0 Å². The fraction of sp³-hybridized carbons (Fsp3) is 0.250. The molecule has 3 rings (SSSR count). The second kappa shape index (κ2) is 8.35. The second-order valence-corrected chi connectivity index (χ2v) is 7.32. The molecule has 2 aromatic rings. The van der Waals surface area contributed by atoms with E-state index in [9.17, 15) is 18.8 Å². The zero-order chi connectivity index (χ0) is 19.4. The van der Waals surface area contributed by atoms with Crippen molar-refractivity contribution in [1.29, 1.82) is 0 Å². The molecule has 0 saturated heterocycles. The number of nitrogens with one attached hydrogen (secondary N) is 1. The predicted molar refractivity (Wildman–Crippen MR) is 101 cm³/mol. The van der Waals surface area contributed by atoms with Crippen molar-refractivity contribution in [3.8, 4) is 0 Å². The number of thioether (sulfide) groups is 1. The third-order valence-corrected chi connectivity index (χ3v) is 5.39. The van der Waals surface area contributed by atoms with Crippen LogP contribution in [0.25, 0.3) is 0 Å². The van der Waals surface area contributed by atoms with E-state index >= 15 is 0 Å². The Balaban J connectivity index is 1.46. The van der Waals surface area contributed by atoms with Crippen LogP contribution < -0.4 is 5.32 Å². The van der Waals surface area contributed by atoms with Crippen LogP contribution in [-0.2, 0) is 4.79 Å². The summed E-state index contributed by atoms with van der Waals surface area (Å²) in [4.78, 5) is 39.1. The number of benzene rings is 2. The predicted octanol–water partition coefficient (Wildman–Crippen LogP) is 3.11. The summed E-state index contributed by atoms with van der Waals surface area (Å²) in [6.45, 7) is 1.98. The van der Waals surface area contributed by atoms with Gasteiger partial charge in [-0.05, 0) is 55.5 Å². The van der Waals surface area contributed by atoms with E-state index in [2.05, 4.69) is 5.32 Å². The monoisotopic (exact) mass is 386 g/mol. The minimum Gasteiger partial charge on any atom is -0.354 e. The third kappa shape index (κ3) is 4.19. The average molecular weight is 386 g/mol. The first-order valence-electron chi connectivity index (χ1n) is 8.62. The molecule has 1 N–H and O–H groups in total. The highest BCUT2D eigenvalue weighted by Gasteiger charge is 2.40. The number of halogens is 1. The van der Waals surface area contributed by atoms with E-state index in [1.54, 1.807) is 55.1 Å². The molecular weight excluding hydrogens is 367 g/mol. The topological polar surface area (TPSA) is 66.5 Å². The van der Waals surface area contributed by atoms with Gasteiger partial charge in [-0.2, -0.15) is 0 Å². The van der Waals surface area contributed by atoms with Gasteiger partial charge in [-0.15, -0.1) is 11.8 Å². The number of rotatable bonds is 7. The lowest BCUT2D eigenvalue weighted by Crippen LogP contribution is -2.48. The van der Waals surface area contributed by atoms with Crippen LogP contribution in [0.4, 0.5) is 4.39 Å². The van der Waals surface area contributed by atoms with Gasteiger partial charge in [-0.25, -0.2) is 4.39 Å². The van der Waals surface area contributed by atoms with E-state index < -0.39 is 17.9 Å². The van der Waals surface area contributed by atoms with Crippen LogP contribution in [0.3, 0.4) is 0 Å². The van der Waals surface area contributed by atoms with Crippen LogP contribution in [0.5, 0.6) is 0 Å². The Labute approximate surface area is 160 Å². The zero-order valence-electron chi connectivity index (χ0n) is 14.8. The molecule has 3 amide bonds. The van der Waals surface area contributed by atoms with Crippen LogP contribution in [0.15, 0.2) is 53.4 Å². The summed E-state index contributed by atoms with van der Waals surface area (Å²) in [5.41, 5.74) is 0.663. The van der Waals surface area contributed by atoms with Crippen LogP contribution in [0.2, 0.25) is 0 Å². The highest BCUT2D eigenvalue weighted by molar-refractivity contribution is 7.99. The first-order chi connectivity index (χ1) is 13.0. The number of nitrogens with zero attached hydrogens (tertiary/aromatic N) is 1. The number of carbonyl (C=O) groups is 3. The van der Waals surface area contributed by atoms with Gasteiger partial charge in [0.05, 0.1) is 11.1 Å². The van der Waals surface area contributed by atoms with Gasteiger partial charge in [-0.1, -0.05) is 12.1 Å². The number of carbonyl (C=O) groups excluding carboxylic acids is 3. The van der Waals surface area contributed by atoms with E-state index in [4.69, 9.17) is 0 Å². The van der Waals surface area contributed by atoms with Crippen molar-refractivity contribution in [2.75, 3.05) is 12.3 Å². The summed E-state index contributed by atoms with van der Waals surface area (Å²) >= 11 is 1.57. The molecule has 0 spiro atoms. The van der Waals surface area contributed by atoms with Crippen molar-refractivity contribution in [2.45, 2.75) is 24.3 Å². The van der Waals surface area contributed by atoms with E-state index in [0.29, 0.717) is 24.1 Å². The van der Waals surface area contributed by atoms with Gasteiger partial charge in [0.2, 0.25) is 5.91 Å². The molecule has 1 heterocycles. The summed E-state index contributed by atoms with van der Waals surface area (Å²) in [6.07, 6.45) is 0.711. The van der Waals surface area contributed by atoms with Crippen LogP contribution in [-0.4, -0.2) is 41.0 Å². The molecule has 27 heavy (non-hydrogen) atoms. The molecule has 0 aliphatic carbocycles. The summed E-state index contributed by atoms with van der Waals surface area (Å²) in [5, 5.41) is 2.76. The van der Waals surface area contributed by atoms with Gasteiger partial charge < -0.3 is 5.32 Å². The zero-order valence-corrected chi connectivity index (χ0v) is 15.6. The number of fused-ring (bicyclic) bond motifs is 1. The fourth-order valence-electron chi connectivity index (χ4n) is 2.83. The summed E-state index contributed by atoms with van der Waals surface area (Å²) < 4.78 is 12.9. The Kier molecular flexibility index (Phi) is 5.91. The largest absolute Gasteiger partial charge is 0.354 e. The van der Waals surface area contributed by atoms with Gasteiger partial charge in [-0.3, -0.25) is 19.3 Å². The Morgan fingerprint density at radius 1 is 1.07 bits per heavy atom. The number of hydrogen-bond acceptors (Lipinski definition) is 4. The summed E-state index contributed by atoms with van der Waals surface area (Å²) in [7, 11) is 0. The Morgan fingerprint density at radius 3 is 2.26 bits per heavy atom. The maximum Gasteiger partial charge on any atom is 0.262 e. The molecule has 1 aliphatic rings. The normalized spacial score (nSPS) is 14.2. The molecule has 7 heteroatoms. The van der Waals surface area contributed by atoms with E-state index in [1.165, 1.54) is 12.1 Å². The van der Waals surface area contributed by atoms with E-state index in [0.717, 1.165) is 15.5 Å². The second-order valence-electron chi connectivity index (χ2n) is 6.15. The molecule has 0 aromatic heterocycles. The molecule has 5 nitrogen and oxygen atoms in total. The maximum atomic E-state index is 12.9. The van der Waals surface area contributed by atoms with Crippen LogP contribution >= 0.6 is 11.8 Å². The molecular formula is C20H19FN2O3S. The van der Waals surface area contributed by atoms with Crippen molar-refractivity contribution in [1.82, 2.24) is 10.2 Å². The lowest BCUT2D eigenvalue weighted by atomic mass is 10.1. The first-order valence-corrected chi connectivity index (χ1v) is 9.60.